The molecule has 0 unspecified atom stereocenters. The van der Waals surface area contributed by atoms with Gasteiger partial charge in [0.15, 0.2) is 0 Å². The van der Waals surface area contributed by atoms with Gasteiger partial charge in [-0.15, -0.1) is 11.3 Å². The van der Waals surface area contributed by atoms with Gasteiger partial charge in [-0.05, 0) is 36.4 Å². The first-order chi connectivity index (χ1) is 26.1. The lowest BCUT2D eigenvalue weighted by atomic mass is 9.96. The van der Waals surface area contributed by atoms with E-state index in [0.717, 1.165) is 23.5 Å². The Kier molecular flexibility index (Phi) is 11.8. The molecule has 0 bridgehead atoms. The van der Waals surface area contributed by atoms with Crippen molar-refractivity contribution in [3.05, 3.63) is 157 Å². The van der Waals surface area contributed by atoms with Crippen molar-refractivity contribution in [3.8, 4) is 44.1 Å². The van der Waals surface area contributed by atoms with Crippen molar-refractivity contribution in [1.29, 1.82) is 0 Å². The summed E-state index contributed by atoms with van der Waals surface area (Å²) in [4.78, 5) is 49.9. The average Bonchev–Trinajstić information content (AvgIpc) is 3.68. The topological polar surface area (TPSA) is 189 Å². The zero-order chi connectivity index (χ0) is 40.0. The molecule has 0 amide bonds. The highest BCUT2D eigenvalue weighted by Crippen LogP contribution is 2.38. The summed E-state index contributed by atoms with van der Waals surface area (Å²) in [6, 6.07) is 25.8. The van der Waals surface area contributed by atoms with E-state index in [-0.39, 0.29) is 44.2 Å². The van der Waals surface area contributed by atoms with Crippen molar-refractivity contribution in [2.45, 2.75) is 6.18 Å². The molecule has 1 heterocycles. The number of alkyl halides is 3. The van der Waals surface area contributed by atoms with Crippen LogP contribution in [0.4, 0.5) is 24.5 Å². The number of esters is 1. The SMILES string of the molecule is COC(=O)c1cc(C(N)=S)ccc1-c1ccccc1[N+](=O)[O-].O=C(O)c1cc(-c2nc(-c3cccc(C(F)(F)F)c3)cs2)ccc1-c1ccccc1[N+](=O)[O-]. The minimum atomic E-state index is -4.48. The van der Waals surface area contributed by atoms with Crippen LogP contribution in [0.15, 0.2) is 115 Å². The number of carboxylic acid groups (broad SMARTS) is 1. The molecule has 0 saturated heterocycles. The van der Waals surface area contributed by atoms with Gasteiger partial charge in [-0.25, -0.2) is 14.6 Å². The van der Waals surface area contributed by atoms with Gasteiger partial charge in [-0.3, -0.25) is 20.2 Å². The Morgan fingerprint density at radius 1 is 0.782 bits per heavy atom. The van der Waals surface area contributed by atoms with E-state index in [2.05, 4.69) is 4.98 Å². The molecule has 6 aromatic rings. The predicted octanol–water partition coefficient (Wildman–Crippen LogP) is 9.45. The fourth-order valence-corrected chi connectivity index (χ4v) is 6.37. The highest BCUT2D eigenvalue weighted by molar-refractivity contribution is 7.80. The van der Waals surface area contributed by atoms with Gasteiger partial charge < -0.3 is 15.6 Å². The number of carbonyl (C=O) groups excluding carboxylic acids is 1. The highest BCUT2D eigenvalue weighted by atomic mass is 32.1. The van der Waals surface area contributed by atoms with Crippen LogP contribution in [0, 0.1) is 20.2 Å². The Morgan fingerprint density at radius 3 is 1.91 bits per heavy atom. The van der Waals surface area contributed by atoms with Crippen molar-refractivity contribution in [3.63, 3.8) is 0 Å². The molecule has 0 radical (unpaired) electrons. The third kappa shape index (κ3) is 8.86. The number of nitro groups is 2. The molecule has 1 aromatic heterocycles. The average molecular weight is 787 g/mol. The molecule has 0 aliphatic rings. The lowest BCUT2D eigenvalue weighted by Gasteiger charge is -2.10. The number of aromatic carboxylic acids is 1. The number of aromatic nitrogens is 1. The van der Waals surface area contributed by atoms with E-state index in [4.69, 9.17) is 22.7 Å². The number of nitrogens with zero attached hydrogens (tertiary/aromatic N) is 3. The molecule has 5 aromatic carbocycles. The maximum absolute atomic E-state index is 13.0. The Bertz CT molecular complexity index is 2490. The Morgan fingerprint density at radius 2 is 1.36 bits per heavy atom. The Hall–Kier alpha value is -6.85. The number of thiocarbonyl (C=S) groups is 1. The van der Waals surface area contributed by atoms with E-state index in [1.54, 1.807) is 47.8 Å². The second-order valence-corrected chi connectivity index (χ2v) is 12.6. The molecule has 17 heteroatoms. The maximum atomic E-state index is 13.0. The molecule has 3 N–H and O–H groups in total. The van der Waals surface area contributed by atoms with Crippen molar-refractivity contribution in [1.82, 2.24) is 4.98 Å². The lowest BCUT2D eigenvalue weighted by Crippen LogP contribution is -2.12. The first-order valence-corrected chi connectivity index (χ1v) is 16.9. The van der Waals surface area contributed by atoms with Gasteiger partial charge >= 0.3 is 18.1 Å². The summed E-state index contributed by atoms with van der Waals surface area (Å²) in [5.74, 6) is -1.90. The zero-order valence-electron chi connectivity index (χ0n) is 28.1. The van der Waals surface area contributed by atoms with Crippen LogP contribution in [-0.2, 0) is 10.9 Å². The fraction of sp³-hybridized carbons (Fsp3) is 0.0526. The van der Waals surface area contributed by atoms with Crippen LogP contribution in [0.2, 0.25) is 0 Å². The third-order valence-electron chi connectivity index (χ3n) is 7.98. The zero-order valence-corrected chi connectivity index (χ0v) is 29.8. The molecule has 0 spiro atoms. The van der Waals surface area contributed by atoms with Crippen molar-refractivity contribution >= 4 is 51.9 Å². The molecule has 6 rings (SSSR count). The van der Waals surface area contributed by atoms with Gasteiger partial charge in [-0.1, -0.05) is 72.9 Å². The number of hydrogen-bond acceptors (Lipinski definition) is 10. The van der Waals surface area contributed by atoms with E-state index < -0.39 is 33.5 Å². The summed E-state index contributed by atoms with van der Waals surface area (Å²) in [6.07, 6.45) is -4.48. The monoisotopic (exact) mass is 786 g/mol. The summed E-state index contributed by atoms with van der Waals surface area (Å²) in [5.41, 5.74) is 7.01. The minimum absolute atomic E-state index is 0.101. The summed E-state index contributed by atoms with van der Waals surface area (Å²) in [6.45, 7) is 0. The number of para-hydroxylation sites is 2. The highest BCUT2D eigenvalue weighted by Gasteiger charge is 2.31. The van der Waals surface area contributed by atoms with Crippen molar-refractivity contribution in [2.75, 3.05) is 7.11 Å². The predicted molar refractivity (Wildman–Crippen MR) is 203 cm³/mol. The number of nitro benzene ring substituents is 2. The molecular formula is C38H25F3N4O8S2. The van der Waals surface area contributed by atoms with Gasteiger partial charge in [0, 0.05) is 45.3 Å². The van der Waals surface area contributed by atoms with E-state index in [1.165, 1.54) is 61.7 Å². The molecule has 0 saturated carbocycles. The standard InChI is InChI=1S/C23H13F3N2O4S.C15H12N2O4S/c24-23(25,26)15-5-3-4-13(10-15)19-12-33-21(27-19)14-8-9-16(18(11-14)22(29)30)17-6-1-2-7-20(17)28(31)32;1-21-15(18)12-8-9(14(16)22)6-7-10(12)11-4-2-3-5-13(11)17(19)20/h1-12H,(H,29,30);2-8H,1H3,(H2,16,22). The van der Waals surface area contributed by atoms with Crippen molar-refractivity contribution in [2.24, 2.45) is 5.73 Å². The molecule has 12 nitrogen and oxygen atoms in total. The van der Waals surface area contributed by atoms with Gasteiger partial charge in [0.05, 0.1) is 50.5 Å². The lowest BCUT2D eigenvalue weighted by molar-refractivity contribution is -0.384. The van der Waals surface area contributed by atoms with Crippen LogP contribution < -0.4 is 5.73 Å². The number of carboxylic acids is 1. The summed E-state index contributed by atoms with van der Waals surface area (Å²) in [5, 5.41) is 34.2. The largest absolute Gasteiger partial charge is 0.478 e. The van der Waals surface area contributed by atoms with E-state index in [1.807, 2.05) is 0 Å². The number of benzene rings is 5. The van der Waals surface area contributed by atoms with Gasteiger partial charge in [0.2, 0.25) is 0 Å². The number of hydrogen-bond donors (Lipinski definition) is 2. The Balaban J connectivity index is 0.000000229. The second-order valence-electron chi connectivity index (χ2n) is 11.3. The number of methoxy groups -OCH3 is 1. The number of nitrogens with two attached hydrogens (primary N) is 1. The van der Waals surface area contributed by atoms with Crippen LogP contribution >= 0.6 is 23.6 Å². The number of carbonyl (C=O) groups is 2. The number of halogens is 3. The van der Waals surface area contributed by atoms with Crippen LogP contribution in [0.3, 0.4) is 0 Å². The Labute approximate surface area is 318 Å². The van der Waals surface area contributed by atoms with E-state index >= 15 is 0 Å². The van der Waals surface area contributed by atoms with E-state index in [0.29, 0.717) is 33.0 Å². The number of thiazole rings is 1. The third-order valence-corrected chi connectivity index (χ3v) is 9.11. The molecule has 0 aliphatic heterocycles. The molecular weight excluding hydrogens is 762 g/mol. The van der Waals surface area contributed by atoms with Gasteiger partial charge in [-0.2, -0.15) is 13.2 Å². The molecule has 278 valence electrons. The molecule has 0 aliphatic carbocycles. The summed E-state index contributed by atoms with van der Waals surface area (Å²) < 4.78 is 43.8. The fourth-order valence-electron chi connectivity index (χ4n) is 5.42. The second kappa shape index (κ2) is 16.4. The van der Waals surface area contributed by atoms with Gasteiger partial charge in [0.25, 0.3) is 11.4 Å². The van der Waals surface area contributed by atoms with Crippen molar-refractivity contribution < 1.29 is 42.5 Å². The summed E-state index contributed by atoms with van der Waals surface area (Å²) >= 11 is 6.04. The first kappa shape index (κ1) is 39.4. The van der Waals surface area contributed by atoms with Gasteiger partial charge in [0.1, 0.15) is 10.00 Å². The first-order valence-electron chi connectivity index (χ1n) is 15.6. The number of rotatable bonds is 9. The quantitative estimate of drug-likeness (QED) is 0.0615. The van der Waals surface area contributed by atoms with E-state index in [9.17, 15) is 48.1 Å². The summed E-state index contributed by atoms with van der Waals surface area (Å²) in [7, 11) is 1.24. The molecule has 0 atom stereocenters. The van der Waals surface area contributed by atoms with Crippen LogP contribution in [0.5, 0.6) is 0 Å². The molecule has 55 heavy (non-hydrogen) atoms. The smallest absolute Gasteiger partial charge is 0.416 e. The normalized spacial score (nSPS) is 10.8. The maximum Gasteiger partial charge on any atom is 0.416 e. The number of ether oxygens (including phenoxy) is 1. The van der Waals surface area contributed by atoms with Crippen LogP contribution in [0.25, 0.3) is 44.1 Å². The molecule has 0 fully saturated rings. The van der Waals surface area contributed by atoms with Crippen LogP contribution in [0.1, 0.15) is 31.8 Å². The minimum Gasteiger partial charge on any atom is -0.478 e. The van der Waals surface area contributed by atoms with Crippen LogP contribution in [-0.4, -0.2) is 44.0 Å².